The number of rotatable bonds is 4. The summed E-state index contributed by atoms with van der Waals surface area (Å²) in [7, 11) is 0. The van der Waals surface area contributed by atoms with Crippen molar-refractivity contribution in [3.8, 4) is 11.4 Å². The number of nitrogens with zero attached hydrogens (tertiary/aromatic N) is 2. The number of nitrogens with one attached hydrogen (secondary N) is 1. The molecule has 30 heavy (non-hydrogen) atoms. The first-order chi connectivity index (χ1) is 14.2. The van der Waals surface area contributed by atoms with Crippen LogP contribution in [-0.2, 0) is 25.7 Å². The van der Waals surface area contributed by atoms with E-state index in [9.17, 15) is 22.8 Å². The van der Waals surface area contributed by atoms with Crippen LogP contribution in [0.25, 0.3) is 11.4 Å². The van der Waals surface area contributed by atoms with Gasteiger partial charge in [-0.1, -0.05) is 12.1 Å². The number of H-pyrrole nitrogens is 1. The standard InChI is InChI=1S/C20H16F3N3O3S/c21-20(22,23)12-3-1-11(2-4-12)17-24-15-7-8-26(10-14(15)18(27)25-17)9-13-5-6-16(30-13)19(28)29/h1-6H,7-10H2,(H,28,29)(H,24,25,27). The Labute approximate surface area is 172 Å². The van der Waals surface area contributed by atoms with Crippen molar-refractivity contribution in [2.45, 2.75) is 25.7 Å². The molecule has 1 aliphatic rings. The Bertz CT molecular complexity index is 1150. The predicted octanol–water partition coefficient (Wildman–Crippen LogP) is 3.77. The maximum atomic E-state index is 12.7. The van der Waals surface area contributed by atoms with E-state index in [0.29, 0.717) is 42.9 Å². The van der Waals surface area contributed by atoms with E-state index in [2.05, 4.69) is 9.97 Å². The van der Waals surface area contributed by atoms with Crippen LogP contribution in [0.15, 0.2) is 41.2 Å². The molecule has 1 aromatic carbocycles. The van der Waals surface area contributed by atoms with Crippen LogP contribution in [0, 0.1) is 0 Å². The number of aromatic nitrogens is 2. The second-order valence-electron chi connectivity index (χ2n) is 6.95. The Morgan fingerprint density at radius 1 is 1.20 bits per heavy atom. The number of fused-ring (bicyclic) bond motifs is 1. The fraction of sp³-hybridized carbons (Fsp3) is 0.250. The molecule has 0 atom stereocenters. The van der Waals surface area contributed by atoms with Crippen LogP contribution in [0.3, 0.4) is 0 Å². The number of halogens is 3. The van der Waals surface area contributed by atoms with Crippen molar-refractivity contribution >= 4 is 17.3 Å². The predicted molar refractivity (Wildman–Crippen MR) is 104 cm³/mol. The van der Waals surface area contributed by atoms with Gasteiger partial charge in [-0.2, -0.15) is 13.2 Å². The molecule has 0 unspecified atom stereocenters. The van der Waals surface area contributed by atoms with Crippen molar-refractivity contribution < 1.29 is 23.1 Å². The van der Waals surface area contributed by atoms with Crippen LogP contribution in [0.4, 0.5) is 13.2 Å². The number of aromatic carboxylic acids is 1. The van der Waals surface area contributed by atoms with Gasteiger partial charge in [-0.3, -0.25) is 9.69 Å². The summed E-state index contributed by atoms with van der Waals surface area (Å²) in [5.41, 5.74) is 0.471. The zero-order valence-electron chi connectivity index (χ0n) is 15.5. The van der Waals surface area contributed by atoms with Gasteiger partial charge in [0.2, 0.25) is 0 Å². The Hall–Kier alpha value is -2.98. The minimum Gasteiger partial charge on any atom is -0.477 e. The molecule has 4 rings (SSSR count). The summed E-state index contributed by atoms with van der Waals surface area (Å²) < 4.78 is 38.2. The fourth-order valence-electron chi connectivity index (χ4n) is 3.37. The van der Waals surface area contributed by atoms with E-state index in [1.807, 2.05) is 4.90 Å². The molecule has 10 heteroatoms. The topological polar surface area (TPSA) is 86.3 Å². The summed E-state index contributed by atoms with van der Waals surface area (Å²) in [5, 5.41) is 9.03. The van der Waals surface area contributed by atoms with Gasteiger partial charge in [0.15, 0.2) is 0 Å². The number of hydrogen-bond acceptors (Lipinski definition) is 5. The smallest absolute Gasteiger partial charge is 0.416 e. The molecule has 0 saturated carbocycles. The number of benzene rings is 1. The maximum Gasteiger partial charge on any atom is 0.416 e. The minimum atomic E-state index is -4.42. The summed E-state index contributed by atoms with van der Waals surface area (Å²) in [6, 6.07) is 7.83. The summed E-state index contributed by atoms with van der Waals surface area (Å²) in [6.07, 6.45) is -3.91. The highest BCUT2D eigenvalue weighted by molar-refractivity contribution is 7.13. The van der Waals surface area contributed by atoms with E-state index < -0.39 is 17.7 Å². The molecule has 1 aliphatic heterocycles. The van der Waals surface area contributed by atoms with Gasteiger partial charge in [0.05, 0.1) is 16.8 Å². The highest BCUT2D eigenvalue weighted by Gasteiger charge is 2.30. The first-order valence-corrected chi connectivity index (χ1v) is 9.86. The lowest BCUT2D eigenvalue weighted by atomic mass is 10.1. The number of hydrogen-bond donors (Lipinski definition) is 2. The second-order valence-corrected chi connectivity index (χ2v) is 8.11. The van der Waals surface area contributed by atoms with Crippen molar-refractivity contribution in [1.82, 2.24) is 14.9 Å². The molecular formula is C20H16F3N3O3S. The van der Waals surface area contributed by atoms with Crippen LogP contribution >= 0.6 is 11.3 Å². The molecule has 0 bridgehead atoms. The van der Waals surface area contributed by atoms with E-state index in [1.54, 1.807) is 12.1 Å². The van der Waals surface area contributed by atoms with Crippen molar-refractivity contribution in [1.29, 1.82) is 0 Å². The molecule has 156 valence electrons. The van der Waals surface area contributed by atoms with Crippen LogP contribution < -0.4 is 5.56 Å². The SMILES string of the molecule is O=C(O)c1ccc(CN2CCc3nc(-c4ccc(C(F)(F)F)cc4)[nH]c(=O)c3C2)s1. The lowest BCUT2D eigenvalue weighted by Gasteiger charge is -2.27. The monoisotopic (exact) mass is 435 g/mol. The molecule has 3 heterocycles. The van der Waals surface area contributed by atoms with E-state index in [1.165, 1.54) is 23.5 Å². The van der Waals surface area contributed by atoms with Gasteiger partial charge >= 0.3 is 12.1 Å². The molecular weight excluding hydrogens is 419 g/mol. The van der Waals surface area contributed by atoms with Crippen LogP contribution in [0.1, 0.15) is 31.4 Å². The molecule has 3 aromatic rings. The molecule has 6 nitrogen and oxygen atoms in total. The van der Waals surface area contributed by atoms with E-state index >= 15 is 0 Å². The third-order valence-electron chi connectivity index (χ3n) is 4.89. The number of carboxylic acid groups (broad SMARTS) is 1. The van der Waals surface area contributed by atoms with Gasteiger partial charge in [-0.05, 0) is 24.3 Å². The van der Waals surface area contributed by atoms with Crippen molar-refractivity contribution in [2.24, 2.45) is 0 Å². The van der Waals surface area contributed by atoms with Crippen LogP contribution in [-0.4, -0.2) is 32.5 Å². The summed E-state index contributed by atoms with van der Waals surface area (Å²) in [4.78, 5) is 33.9. The third-order valence-corrected chi connectivity index (χ3v) is 5.94. The first-order valence-electron chi connectivity index (χ1n) is 9.05. The third kappa shape index (κ3) is 4.14. The number of thiophene rings is 1. The lowest BCUT2D eigenvalue weighted by Crippen LogP contribution is -2.35. The zero-order valence-corrected chi connectivity index (χ0v) is 16.3. The summed E-state index contributed by atoms with van der Waals surface area (Å²) in [6.45, 7) is 1.53. The van der Waals surface area contributed by atoms with Gasteiger partial charge < -0.3 is 10.1 Å². The highest BCUT2D eigenvalue weighted by Crippen LogP contribution is 2.30. The average Bonchev–Trinajstić information content (AvgIpc) is 3.16. The van der Waals surface area contributed by atoms with Crippen molar-refractivity contribution in [3.63, 3.8) is 0 Å². The minimum absolute atomic E-state index is 0.241. The Kier molecular flexibility index (Phi) is 5.20. The lowest BCUT2D eigenvalue weighted by molar-refractivity contribution is -0.137. The molecule has 2 N–H and O–H groups in total. The van der Waals surface area contributed by atoms with Crippen LogP contribution in [0.2, 0.25) is 0 Å². The van der Waals surface area contributed by atoms with Gasteiger partial charge in [-0.15, -0.1) is 11.3 Å². The molecule has 0 aliphatic carbocycles. The number of carbonyl (C=O) groups is 1. The summed E-state index contributed by atoms with van der Waals surface area (Å²) in [5.74, 6) is -0.725. The van der Waals surface area contributed by atoms with Gasteiger partial charge in [0.1, 0.15) is 10.7 Å². The van der Waals surface area contributed by atoms with Gasteiger partial charge in [0, 0.05) is 36.5 Å². The van der Waals surface area contributed by atoms with Crippen molar-refractivity contribution in [3.05, 3.63) is 73.3 Å². The van der Waals surface area contributed by atoms with E-state index in [-0.39, 0.29) is 16.3 Å². The van der Waals surface area contributed by atoms with E-state index in [4.69, 9.17) is 5.11 Å². The number of aromatic amines is 1. The molecule has 0 radical (unpaired) electrons. The molecule has 2 aromatic heterocycles. The number of carboxylic acids is 1. The summed E-state index contributed by atoms with van der Waals surface area (Å²) >= 11 is 1.20. The Morgan fingerprint density at radius 2 is 1.93 bits per heavy atom. The molecule has 0 fully saturated rings. The Balaban J connectivity index is 1.53. The Morgan fingerprint density at radius 3 is 2.57 bits per heavy atom. The van der Waals surface area contributed by atoms with Crippen molar-refractivity contribution in [2.75, 3.05) is 6.54 Å². The second kappa shape index (κ2) is 7.69. The maximum absolute atomic E-state index is 12.7. The van der Waals surface area contributed by atoms with E-state index in [0.717, 1.165) is 17.0 Å². The largest absolute Gasteiger partial charge is 0.477 e. The van der Waals surface area contributed by atoms with Gasteiger partial charge in [0.25, 0.3) is 5.56 Å². The normalized spacial score (nSPS) is 14.5. The fourth-order valence-corrected chi connectivity index (χ4v) is 4.26. The molecule has 0 saturated heterocycles. The number of alkyl halides is 3. The van der Waals surface area contributed by atoms with Gasteiger partial charge in [-0.25, -0.2) is 9.78 Å². The molecule has 0 spiro atoms. The average molecular weight is 435 g/mol. The molecule has 0 amide bonds. The first kappa shape index (κ1) is 20.3. The zero-order chi connectivity index (χ0) is 21.5. The highest BCUT2D eigenvalue weighted by atomic mass is 32.1. The van der Waals surface area contributed by atoms with Crippen LogP contribution in [0.5, 0.6) is 0 Å². The quantitative estimate of drug-likeness (QED) is 0.652.